The molecule has 0 aliphatic rings. The maximum atomic E-state index is 12.1. The molecule has 6 heteroatoms. The fourth-order valence-corrected chi connectivity index (χ4v) is 1.51. The van der Waals surface area contributed by atoms with Gasteiger partial charge in [-0.05, 0) is 26.8 Å². The second-order valence-corrected chi connectivity index (χ2v) is 4.28. The summed E-state index contributed by atoms with van der Waals surface area (Å²) in [7, 11) is 0. The number of nitrogens with one attached hydrogen (secondary N) is 1. The van der Waals surface area contributed by atoms with Crippen LogP contribution in [0.2, 0.25) is 0 Å². The Morgan fingerprint density at radius 2 is 2.00 bits per heavy atom. The largest absolute Gasteiger partial charge is 0.480 e. The monoisotopic (exact) mass is 252 g/mol. The number of nitrogens with zero attached hydrogens (tertiary/aromatic N) is 1. The van der Waals surface area contributed by atoms with Crippen molar-refractivity contribution in [2.75, 3.05) is 6.54 Å². The first-order valence-corrected chi connectivity index (χ1v) is 5.55. The van der Waals surface area contributed by atoms with Gasteiger partial charge in [0.2, 0.25) is 0 Å². The zero-order chi connectivity index (χ0) is 13.9. The summed E-state index contributed by atoms with van der Waals surface area (Å²) < 4.78 is 0. The number of ketones is 1. The van der Waals surface area contributed by atoms with Gasteiger partial charge < -0.3 is 15.0 Å². The number of Topliss-reactive ketones (excluding diaryl/α,β-unsaturated/α-hetero) is 1. The van der Waals surface area contributed by atoms with Gasteiger partial charge in [0.15, 0.2) is 5.78 Å². The summed E-state index contributed by atoms with van der Waals surface area (Å²) in [6, 6.07) is 1.19. The van der Waals surface area contributed by atoms with Gasteiger partial charge in [0.25, 0.3) is 5.91 Å². The Hall–Kier alpha value is -2.11. The summed E-state index contributed by atoms with van der Waals surface area (Å²) in [5, 5.41) is 8.76. The lowest BCUT2D eigenvalue weighted by molar-refractivity contribution is -0.138. The molecule has 1 aromatic rings. The van der Waals surface area contributed by atoms with Gasteiger partial charge in [-0.2, -0.15) is 0 Å². The summed E-state index contributed by atoms with van der Waals surface area (Å²) in [4.78, 5) is 37.8. The number of aliphatic carboxylic acids is 1. The number of carboxylic acids is 1. The molecule has 0 aliphatic carbocycles. The Balaban J connectivity index is 2.94. The lowest BCUT2D eigenvalue weighted by atomic mass is 10.2. The van der Waals surface area contributed by atoms with Crippen LogP contribution >= 0.6 is 0 Å². The van der Waals surface area contributed by atoms with Crippen LogP contribution in [0.5, 0.6) is 0 Å². The van der Waals surface area contributed by atoms with Crippen molar-refractivity contribution >= 4 is 17.7 Å². The maximum Gasteiger partial charge on any atom is 0.323 e. The van der Waals surface area contributed by atoms with E-state index >= 15 is 0 Å². The number of aromatic nitrogens is 1. The average molecular weight is 252 g/mol. The zero-order valence-corrected chi connectivity index (χ0v) is 10.6. The molecular formula is C12H16N2O4. The molecule has 1 heterocycles. The number of rotatable bonds is 5. The second kappa shape index (κ2) is 5.48. The van der Waals surface area contributed by atoms with Gasteiger partial charge in [0.1, 0.15) is 12.2 Å². The lowest BCUT2D eigenvalue weighted by Gasteiger charge is -2.24. The Bertz CT molecular complexity index is 476. The van der Waals surface area contributed by atoms with Crippen LogP contribution in [0.4, 0.5) is 0 Å². The highest BCUT2D eigenvalue weighted by Crippen LogP contribution is 2.10. The fourth-order valence-electron chi connectivity index (χ4n) is 1.51. The molecule has 0 fully saturated rings. The van der Waals surface area contributed by atoms with E-state index in [1.165, 1.54) is 24.1 Å². The van der Waals surface area contributed by atoms with E-state index in [0.29, 0.717) is 5.56 Å². The van der Waals surface area contributed by atoms with E-state index in [1.807, 2.05) is 0 Å². The van der Waals surface area contributed by atoms with Gasteiger partial charge in [-0.15, -0.1) is 0 Å². The molecule has 98 valence electrons. The predicted octanol–water partition coefficient (Wildman–Crippen LogP) is 1.15. The van der Waals surface area contributed by atoms with Gasteiger partial charge in [-0.3, -0.25) is 14.4 Å². The van der Waals surface area contributed by atoms with Crippen LogP contribution in [0.3, 0.4) is 0 Å². The minimum absolute atomic E-state index is 0.153. The normalized spacial score (nSPS) is 10.4. The average Bonchev–Trinajstić information content (AvgIpc) is 2.73. The number of aromatic amines is 1. The van der Waals surface area contributed by atoms with Crippen molar-refractivity contribution in [2.24, 2.45) is 0 Å². The summed E-state index contributed by atoms with van der Waals surface area (Å²) in [5.74, 6) is -1.66. The van der Waals surface area contributed by atoms with Gasteiger partial charge in [-0.25, -0.2) is 0 Å². The van der Waals surface area contributed by atoms with Gasteiger partial charge >= 0.3 is 5.97 Å². The Morgan fingerprint density at radius 3 is 2.39 bits per heavy atom. The van der Waals surface area contributed by atoms with Crippen LogP contribution in [0.1, 0.15) is 41.6 Å². The molecule has 6 nitrogen and oxygen atoms in total. The van der Waals surface area contributed by atoms with Gasteiger partial charge in [0.05, 0.1) is 0 Å². The van der Waals surface area contributed by atoms with E-state index in [9.17, 15) is 14.4 Å². The lowest BCUT2D eigenvalue weighted by Crippen LogP contribution is -2.40. The Morgan fingerprint density at radius 1 is 1.39 bits per heavy atom. The number of carbonyl (C=O) groups excluding carboxylic acids is 2. The molecule has 1 rings (SSSR count). The Labute approximate surface area is 105 Å². The molecule has 2 N–H and O–H groups in total. The second-order valence-electron chi connectivity index (χ2n) is 4.28. The summed E-state index contributed by atoms with van der Waals surface area (Å²) in [6.07, 6.45) is 1.44. The first-order valence-electron chi connectivity index (χ1n) is 5.55. The molecule has 0 radical (unpaired) electrons. The highest BCUT2D eigenvalue weighted by atomic mass is 16.4. The molecule has 0 spiro atoms. The summed E-state index contributed by atoms with van der Waals surface area (Å²) >= 11 is 0. The molecule has 0 unspecified atom stereocenters. The van der Waals surface area contributed by atoms with Crippen LogP contribution in [0.25, 0.3) is 0 Å². The third-order valence-electron chi connectivity index (χ3n) is 2.51. The highest BCUT2D eigenvalue weighted by molar-refractivity contribution is 5.99. The first-order chi connectivity index (χ1) is 8.32. The fraction of sp³-hybridized carbons (Fsp3) is 0.417. The van der Waals surface area contributed by atoms with Crippen molar-refractivity contribution in [3.05, 3.63) is 23.5 Å². The van der Waals surface area contributed by atoms with E-state index in [4.69, 9.17) is 5.11 Å². The van der Waals surface area contributed by atoms with E-state index < -0.39 is 11.9 Å². The van der Waals surface area contributed by atoms with Crippen molar-refractivity contribution in [3.63, 3.8) is 0 Å². The van der Waals surface area contributed by atoms with Crippen molar-refractivity contribution in [1.29, 1.82) is 0 Å². The van der Waals surface area contributed by atoms with Gasteiger partial charge in [-0.1, -0.05) is 0 Å². The van der Waals surface area contributed by atoms with Crippen LogP contribution in [0, 0.1) is 0 Å². The van der Waals surface area contributed by atoms with Gasteiger partial charge in [0, 0.05) is 17.8 Å². The smallest absolute Gasteiger partial charge is 0.323 e. The van der Waals surface area contributed by atoms with Crippen LogP contribution in [-0.2, 0) is 4.79 Å². The van der Waals surface area contributed by atoms with E-state index in [-0.39, 0.29) is 24.1 Å². The number of hydrogen-bond acceptors (Lipinski definition) is 3. The van der Waals surface area contributed by atoms with Crippen LogP contribution in [-0.4, -0.2) is 45.2 Å². The SMILES string of the molecule is CC(=O)c1c[nH]c(C(=O)N(CC(=O)O)C(C)C)c1. The van der Waals surface area contributed by atoms with Crippen LogP contribution in [0.15, 0.2) is 12.3 Å². The molecule has 0 bridgehead atoms. The number of H-pyrrole nitrogens is 1. The molecule has 1 amide bonds. The number of hydrogen-bond donors (Lipinski definition) is 2. The number of amides is 1. The molecule has 0 saturated heterocycles. The minimum atomic E-state index is -1.07. The molecule has 18 heavy (non-hydrogen) atoms. The number of carbonyl (C=O) groups is 3. The molecule has 0 saturated carbocycles. The minimum Gasteiger partial charge on any atom is -0.480 e. The maximum absolute atomic E-state index is 12.1. The standard InChI is InChI=1S/C12H16N2O4/c1-7(2)14(6-11(16)17)12(18)10-4-9(5-13-10)8(3)15/h4-5,7,13H,6H2,1-3H3,(H,16,17). The van der Waals surface area contributed by atoms with E-state index in [1.54, 1.807) is 13.8 Å². The Kier molecular flexibility index (Phi) is 4.25. The molecule has 0 atom stereocenters. The topological polar surface area (TPSA) is 90.5 Å². The molecule has 1 aromatic heterocycles. The third-order valence-corrected chi connectivity index (χ3v) is 2.51. The zero-order valence-electron chi connectivity index (χ0n) is 10.6. The quantitative estimate of drug-likeness (QED) is 0.769. The van der Waals surface area contributed by atoms with Crippen LogP contribution < -0.4 is 0 Å². The van der Waals surface area contributed by atoms with E-state index in [0.717, 1.165) is 0 Å². The molecule has 0 aliphatic heterocycles. The highest BCUT2D eigenvalue weighted by Gasteiger charge is 2.22. The third kappa shape index (κ3) is 3.19. The van der Waals surface area contributed by atoms with Crippen molar-refractivity contribution < 1.29 is 19.5 Å². The summed E-state index contributed by atoms with van der Waals surface area (Å²) in [6.45, 7) is 4.49. The number of carboxylic acid groups (broad SMARTS) is 1. The molecule has 0 aromatic carbocycles. The first kappa shape index (κ1) is 14.0. The van der Waals surface area contributed by atoms with Crippen molar-refractivity contribution in [1.82, 2.24) is 9.88 Å². The van der Waals surface area contributed by atoms with Crippen molar-refractivity contribution in [2.45, 2.75) is 26.8 Å². The van der Waals surface area contributed by atoms with Crippen molar-refractivity contribution in [3.8, 4) is 0 Å². The summed E-state index contributed by atoms with van der Waals surface area (Å²) in [5.41, 5.74) is 0.618. The predicted molar refractivity (Wildman–Crippen MR) is 64.6 cm³/mol. The van der Waals surface area contributed by atoms with E-state index in [2.05, 4.69) is 4.98 Å². The molecular weight excluding hydrogens is 236 g/mol.